The van der Waals surface area contributed by atoms with Crippen LogP contribution in [0.25, 0.3) is 5.76 Å². The highest BCUT2D eigenvalue weighted by Gasteiger charge is 2.47. The van der Waals surface area contributed by atoms with E-state index in [2.05, 4.69) is 0 Å². The van der Waals surface area contributed by atoms with E-state index < -0.39 is 29.3 Å². The third-order valence-electron chi connectivity index (χ3n) is 6.11. The predicted molar refractivity (Wildman–Crippen MR) is 128 cm³/mol. The molecule has 2 aliphatic rings. The Morgan fingerprint density at radius 3 is 2.61 bits per heavy atom. The number of aromatic hydroxyl groups is 1. The normalized spacial score (nSPS) is 18.1. The number of hydrogen-bond donors (Lipinski definition) is 2. The summed E-state index contributed by atoms with van der Waals surface area (Å²) in [4.78, 5) is 27.9. The van der Waals surface area contributed by atoms with Crippen molar-refractivity contribution in [3.8, 4) is 23.0 Å². The molecular formula is C27H22FNO7. The molecule has 0 bridgehead atoms. The maximum absolute atomic E-state index is 13.9. The minimum atomic E-state index is -1.07. The van der Waals surface area contributed by atoms with Gasteiger partial charge in [0.1, 0.15) is 11.6 Å². The van der Waals surface area contributed by atoms with Crippen molar-refractivity contribution in [2.45, 2.75) is 19.9 Å². The first kappa shape index (κ1) is 23.2. The molecule has 0 radical (unpaired) electrons. The fourth-order valence-corrected chi connectivity index (χ4v) is 4.37. The number of aliphatic hydroxyl groups is 1. The van der Waals surface area contributed by atoms with Gasteiger partial charge in [-0.05, 0) is 67.4 Å². The van der Waals surface area contributed by atoms with Gasteiger partial charge in [-0.25, -0.2) is 4.39 Å². The summed E-state index contributed by atoms with van der Waals surface area (Å²) >= 11 is 0. The highest BCUT2D eigenvalue weighted by molar-refractivity contribution is 6.51. The molecule has 1 fully saturated rings. The molecule has 36 heavy (non-hydrogen) atoms. The van der Waals surface area contributed by atoms with Crippen molar-refractivity contribution in [1.82, 2.24) is 0 Å². The zero-order valence-corrected chi connectivity index (χ0v) is 19.4. The number of carbonyl (C=O) groups is 2. The summed E-state index contributed by atoms with van der Waals surface area (Å²) in [6.45, 7) is 3.58. The number of rotatable bonds is 5. The van der Waals surface area contributed by atoms with Crippen LogP contribution in [0.4, 0.5) is 10.1 Å². The first-order valence-corrected chi connectivity index (χ1v) is 11.2. The summed E-state index contributed by atoms with van der Waals surface area (Å²) in [5.74, 6) is -1.76. The summed E-state index contributed by atoms with van der Waals surface area (Å²) in [6.07, 6.45) is 0. The zero-order chi connectivity index (χ0) is 25.6. The maximum Gasteiger partial charge on any atom is 0.300 e. The number of aliphatic hydroxyl groups excluding tert-OH is 1. The number of hydrogen-bond acceptors (Lipinski definition) is 7. The standard InChI is InChI=1S/C27H22FNO7/c1-3-34-21-11-15(5-8-19(21)30)24-23(25(31)16-4-7-18(28)14(2)10-16)26(32)27(33)29(24)17-6-9-20-22(12-17)36-13-35-20/h4-12,24,30-31H,3,13H2,1-2H3/b25-23+. The number of phenolic OH excluding ortho intramolecular Hbond substituents is 1. The Kier molecular flexibility index (Phi) is 5.75. The van der Waals surface area contributed by atoms with E-state index in [-0.39, 0.29) is 41.6 Å². The highest BCUT2D eigenvalue weighted by atomic mass is 19.1. The Hall–Kier alpha value is -4.53. The third-order valence-corrected chi connectivity index (χ3v) is 6.11. The van der Waals surface area contributed by atoms with E-state index >= 15 is 0 Å². The van der Waals surface area contributed by atoms with Crippen molar-refractivity contribution >= 4 is 23.1 Å². The molecular weight excluding hydrogens is 469 g/mol. The van der Waals surface area contributed by atoms with Crippen LogP contribution in [0.5, 0.6) is 23.0 Å². The third kappa shape index (κ3) is 3.78. The number of fused-ring (bicyclic) bond motifs is 1. The molecule has 1 amide bonds. The van der Waals surface area contributed by atoms with Crippen LogP contribution in [0.15, 0.2) is 60.2 Å². The number of halogens is 1. The Balaban J connectivity index is 1.72. The number of ether oxygens (including phenoxy) is 3. The summed E-state index contributed by atoms with van der Waals surface area (Å²) < 4.78 is 30.2. The number of nitrogens with zero attached hydrogens (tertiary/aromatic N) is 1. The molecule has 2 aliphatic heterocycles. The summed E-state index contributed by atoms with van der Waals surface area (Å²) in [5, 5.41) is 21.4. The van der Waals surface area contributed by atoms with Gasteiger partial charge in [0.05, 0.1) is 18.2 Å². The van der Waals surface area contributed by atoms with E-state index in [1.165, 1.54) is 48.2 Å². The number of anilines is 1. The van der Waals surface area contributed by atoms with Gasteiger partial charge in [-0.3, -0.25) is 14.5 Å². The molecule has 8 nitrogen and oxygen atoms in total. The molecule has 0 aliphatic carbocycles. The van der Waals surface area contributed by atoms with Crippen molar-refractivity contribution in [3.05, 3.63) is 82.7 Å². The minimum Gasteiger partial charge on any atom is -0.507 e. The number of carbonyl (C=O) groups excluding carboxylic acids is 2. The largest absolute Gasteiger partial charge is 0.507 e. The average Bonchev–Trinajstić information content (AvgIpc) is 3.44. The fourth-order valence-electron chi connectivity index (χ4n) is 4.37. The lowest BCUT2D eigenvalue weighted by Gasteiger charge is -2.26. The Bertz CT molecular complexity index is 1430. The van der Waals surface area contributed by atoms with Crippen LogP contribution in [0.2, 0.25) is 0 Å². The molecule has 2 heterocycles. The number of ketones is 1. The van der Waals surface area contributed by atoms with Crippen molar-refractivity contribution < 1.29 is 38.4 Å². The lowest BCUT2D eigenvalue weighted by molar-refractivity contribution is -0.132. The van der Waals surface area contributed by atoms with Crippen molar-refractivity contribution in [1.29, 1.82) is 0 Å². The number of aryl methyl sites for hydroxylation is 1. The molecule has 0 aromatic heterocycles. The van der Waals surface area contributed by atoms with E-state index in [1.807, 2.05) is 0 Å². The quantitative estimate of drug-likeness (QED) is 0.305. The molecule has 3 aromatic carbocycles. The molecule has 2 N–H and O–H groups in total. The van der Waals surface area contributed by atoms with Crippen LogP contribution in [-0.2, 0) is 9.59 Å². The van der Waals surface area contributed by atoms with E-state index in [0.717, 1.165) is 0 Å². The number of phenols is 1. The van der Waals surface area contributed by atoms with Crippen LogP contribution in [-0.4, -0.2) is 35.3 Å². The van der Waals surface area contributed by atoms with Gasteiger partial charge in [0, 0.05) is 17.3 Å². The summed E-state index contributed by atoms with van der Waals surface area (Å²) in [7, 11) is 0. The second kappa shape index (κ2) is 8.92. The van der Waals surface area contributed by atoms with E-state index in [0.29, 0.717) is 22.7 Å². The SMILES string of the molecule is CCOc1cc(C2/C(=C(\O)c3ccc(F)c(C)c3)C(=O)C(=O)N2c2ccc3c(c2)OCO3)ccc1O. The first-order valence-electron chi connectivity index (χ1n) is 11.2. The molecule has 3 aromatic rings. The van der Waals surface area contributed by atoms with Crippen LogP contribution in [0.1, 0.15) is 29.7 Å². The van der Waals surface area contributed by atoms with Gasteiger partial charge in [-0.1, -0.05) is 6.07 Å². The van der Waals surface area contributed by atoms with Crippen LogP contribution in [0.3, 0.4) is 0 Å². The molecule has 1 atom stereocenters. The van der Waals surface area contributed by atoms with Crippen molar-refractivity contribution in [2.24, 2.45) is 0 Å². The van der Waals surface area contributed by atoms with Gasteiger partial charge >= 0.3 is 0 Å². The molecule has 9 heteroatoms. The second-order valence-corrected chi connectivity index (χ2v) is 8.33. The van der Waals surface area contributed by atoms with Crippen LogP contribution < -0.4 is 19.1 Å². The van der Waals surface area contributed by atoms with Gasteiger partial charge in [0.25, 0.3) is 11.7 Å². The Labute approximate surface area is 205 Å². The maximum atomic E-state index is 13.9. The average molecular weight is 491 g/mol. The van der Waals surface area contributed by atoms with Crippen LogP contribution >= 0.6 is 0 Å². The molecule has 5 rings (SSSR count). The molecule has 0 saturated carbocycles. The smallest absolute Gasteiger partial charge is 0.300 e. The molecule has 1 unspecified atom stereocenters. The zero-order valence-electron chi connectivity index (χ0n) is 19.4. The second-order valence-electron chi connectivity index (χ2n) is 8.33. The van der Waals surface area contributed by atoms with Gasteiger partial charge < -0.3 is 24.4 Å². The van der Waals surface area contributed by atoms with Crippen LogP contribution in [0, 0.1) is 12.7 Å². The van der Waals surface area contributed by atoms with Gasteiger partial charge in [-0.2, -0.15) is 0 Å². The summed E-state index contributed by atoms with van der Waals surface area (Å²) in [5.41, 5.74) is 1.02. The minimum absolute atomic E-state index is 0.0284. The monoisotopic (exact) mass is 491 g/mol. The lowest BCUT2D eigenvalue weighted by Crippen LogP contribution is -2.29. The predicted octanol–water partition coefficient (Wildman–Crippen LogP) is 4.59. The van der Waals surface area contributed by atoms with E-state index in [1.54, 1.807) is 25.1 Å². The lowest BCUT2D eigenvalue weighted by atomic mass is 9.94. The molecule has 1 saturated heterocycles. The Morgan fingerprint density at radius 1 is 1.08 bits per heavy atom. The Morgan fingerprint density at radius 2 is 1.86 bits per heavy atom. The van der Waals surface area contributed by atoms with E-state index in [9.17, 15) is 24.2 Å². The fraction of sp³-hybridized carbons (Fsp3) is 0.185. The van der Waals surface area contributed by atoms with E-state index in [4.69, 9.17) is 14.2 Å². The van der Waals surface area contributed by atoms with Gasteiger partial charge in [-0.15, -0.1) is 0 Å². The molecule has 184 valence electrons. The highest BCUT2D eigenvalue weighted by Crippen LogP contribution is 2.46. The number of benzene rings is 3. The first-order chi connectivity index (χ1) is 17.3. The van der Waals surface area contributed by atoms with Crippen molar-refractivity contribution in [3.63, 3.8) is 0 Å². The summed E-state index contributed by atoms with van der Waals surface area (Å²) in [6, 6.07) is 12.1. The van der Waals surface area contributed by atoms with Gasteiger partial charge in [0.2, 0.25) is 6.79 Å². The van der Waals surface area contributed by atoms with Gasteiger partial charge in [0.15, 0.2) is 23.0 Å². The topological polar surface area (TPSA) is 106 Å². The van der Waals surface area contributed by atoms with Crippen molar-refractivity contribution in [2.75, 3.05) is 18.3 Å². The number of Topliss-reactive ketones (excluding diaryl/α,β-unsaturated/α-hetero) is 1. The number of amides is 1. The molecule has 0 spiro atoms.